The highest BCUT2D eigenvalue weighted by atomic mass is 16.2. The molecule has 1 aromatic carbocycles. The van der Waals surface area contributed by atoms with Crippen molar-refractivity contribution < 1.29 is 4.79 Å². The van der Waals surface area contributed by atoms with Crippen LogP contribution < -0.4 is 4.90 Å². The molecule has 1 aliphatic carbocycles. The molecule has 25 heavy (non-hydrogen) atoms. The summed E-state index contributed by atoms with van der Waals surface area (Å²) in [6.45, 7) is 11.9. The van der Waals surface area contributed by atoms with Crippen LogP contribution in [0.2, 0.25) is 0 Å². The lowest BCUT2D eigenvalue weighted by atomic mass is 10.1. The topological polar surface area (TPSA) is 26.8 Å². The first kappa shape index (κ1) is 18.2. The Hall–Kier alpha value is -1.55. The van der Waals surface area contributed by atoms with Crippen molar-refractivity contribution in [1.82, 2.24) is 9.80 Å². The van der Waals surface area contributed by atoms with E-state index in [2.05, 4.69) is 59.7 Å². The average molecular weight is 344 g/mol. The third-order valence-corrected chi connectivity index (χ3v) is 5.39. The van der Waals surface area contributed by atoms with Crippen LogP contribution in [0.15, 0.2) is 24.3 Å². The van der Waals surface area contributed by atoms with Crippen molar-refractivity contribution in [3.8, 4) is 0 Å². The van der Waals surface area contributed by atoms with Gasteiger partial charge in [0.25, 0.3) is 0 Å². The predicted molar refractivity (Wildman–Crippen MR) is 104 cm³/mol. The molecule has 2 fully saturated rings. The summed E-state index contributed by atoms with van der Waals surface area (Å²) in [5.41, 5.74) is 2.57. The molecule has 4 nitrogen and oxygen atoms in total. The highest BCUT2D eigenvalue weighted by molar-refractivity contribution is 5.78. The number of nitrogens with zero attached hydrogens (tertiary/aromatic N) is 3. The molecule has 0 N–H and O–H groups in total. The maximum atomic E-state index is 12.7. The van der Waals surface area contributed by atoms with E-state index in [9.17, 15) is 4.79 Å². The van der Waals surface area contributed by atoms with Crippen molar-refractivity contribution >= 4 is 11.6 Å². The van der Waals surface area contributed by atoms with E-state index in [1.54, 1.807) is 0 Å². The predicted octanol–water partition coefficient (Wildman–Crippen LogP) is 3.15. The second kappa shape index (κ2) is 8.22. The number of carbonyl (C=O) groups is 1. The molecular formula is C21H33N3O. The molecule has 1 saturated heterocycles. The molecule has 1 saturated carbocycles. The van der Waals surface area contributed by atoms with Gasteiger partial charge in [-0.25, -0.2) is 0 Å². The standard InChI is InChI=1S/C21H33N3O/c1-17(2)9-10-24(19-7-8-19)16-21(25)23-13-11-22(12-14-23)20-6-4-5-18(3)15-20/h4-6,15,17,19H,7-14,16H2,1-3H3. The molecule has 4 heteroatoms. The van der Waals surface area contributed by atoms with E-state index in [0.717, 1.165) is 32.7 Å². The average Bonchev–Trinajstić information content (AvgIpc) is 3.43. The van der Waals surface area contributed by atoms with Crippen molar-refractivity contribution in [2.75, 3.05) is 44.2 Å². The minimum atomic E-state index is 0.319. The first-order valence-electron chi connectivity index (χ1n) is 9.86. The van der Waals surface area contributed by atoms with Gasteiger partial charge in [0.05, 0.1) is 6.54 Å². The second-order valence-electron chi connectivity index (χ2n) is 8.09. The Balaban J connectivity index is 1.49. The molecule has 3 rings (SSSR count). The third-order valence-electron chi connectivity index (χ3n) is 5.39. The molecule has 138 valence electrons. The van der Waals surface area contributed by atoms with Gasteiger partial charge in [-0.05, 0) is 56.3 Å². The van der Waals surface area contributed by atoms with E-state index in [0.29, 0.717) is 24.4 Å². The Kier molecular flexibility index (Phi) is 6.00. The molecule has 1 heterocycles. The Morgan fingerprint density at radius 1 is 1.20 bits per heavy atom. The molecule has 0 bridgehead atoms. The van der Waals surface area contributed by atoms with Gasteiger partial charge < -0.3 is 9.80 Å². The number of hydrogen-bond donors (Lipinski definition) is 0. The van der Waals surface area contributed by atoms with Crippen molar-refractivity contribution in [3.63, 3.8) is 0 Å². The van der Waals surface area contributed by atoms with Gasteiger partial charge in [0.1, 0.15) is 0 Å². The molecule has 1 aromatic rings. The zero-order valence-electron chi connectivity index (χ0n) is 16.1. The normalized spacial score (nSPS) is 18.3. The second-order valence-corrected chi connectivity index (χ2v) is 8.09. The highest BCUT2D eigenvalue weighted by Crippen LogP contribution is 2.27. The first-order valence-corrected chi connectivity index (χ1v) is 9.86. The van der Waals surface area contributed by atoms with E-state index >= 15 is 0 Å². The van der Waals surface area contributed by atoms with Crippen molar-refractivity contribution in [1.29, 1.82) is 0 Å². The number of benzene rings is 1. The first-order chi connectivity index (χ1) is 12.0. The van der Waals surface area contributed by atoms with Crippen molar-refractivity contribution in [2.24, 2.45) is 5.92 Å². The zero-order valence-corrected chi connectivity index (χ0v) is 16.1. The van der Waals surface area contributed by atoms with E-state index in [4.69, 9.17) is 0 Å². The van der Waals surface area contributed by atoms with Crippen LogP contribution in [0.3, 0.4) is 0 Å². The Morgan fingerprint density at radius 3 is 2.52 bits per heavy atom. The number of carbonyl (C=O) groups excluding carboxylic acids is 1. The van der Waals surface area contributed by atoms with Crippen LogP contribution in [0.5, 0.6) is 0 Å². The van der Waals surface area contributed by atoms with Gasteiger partial charge >= 0.3 is 0 Å². The number of anilines is 1. The van der Waals surface area contributed by atoms with Crippen LogP contribution in [0, 0.1) is 12.8 Å². The SMILES string of the molecule is Cc1cccc(N2CCN(C(=O)CN(CCC(C)C)C3CC3)CC2)c1. The lowest BCUT2D eigenvalue weighted by Gasteiger charge is -2.37. The van der Waals surface area contributed by atoms with E-state index in [1.807, 2.05) is 0 Å². The number of amides is 1. The maximum Gasteiger partial charge on any atom is 0.236 e. The summed E-state index contributed by atoms with van der Waals surface area (Å²) in [5.74, 6) is 1.02. The highest BCUT2D eigenvalue weighted by Gasteiger charge is 2.31. The summed E-state index contributed by atoms with van der Waals surface area (Å²) in [4.78, 5) is 19.6. The van der Waals surface area contributed by atoms with Crippen LogP contribution in [-0.4, -0.2) is 61.0 Å². The van der Waals surface area contributed by atoms with E-state index in [-0.39, 0.29) is 0 Å². The monoisotopic (exact) mass is 343 g/mol. The minimum absolute atomic E-state index is 0.319. The Morgan fingerprint density at radius 2 is 1.92 bits per heavy atom. The Labute approximate surface area is 152 Å². The summed E-state index contributed by atoms with van der Waals surface area (Å²) in [5, 5.41) is 0. The van der Waals surface area contributed by atoms with E-state index in [1.165, 1.54) is 30.5 Å². The molecule has 0 spiro atoms. The molecule has 1 aliphatic heterocycles. The fourth-order valence-corrected chi connectivity index (χ4v) is 3.57. The van der Waals surface area contributed by atoms with Crippen LogP contribution in [0.1, 0.15) is 38.7 Å². The van der Waals surface area contributed by atoms with Gasteiger partial charge in [-0.1, -0.05) is 26.0 Å². The van der Waals surface area contributed by atoms with Gasteiger partial charge in [0, 0.05) is 37.9 Å². The van der Waals surface area contributed by atoms with Gasteiger partial charge in [0.15, 0.2) is 0 Å². The summed E-state index contributed by atoms with van der Waals surface area (Å²) in [6.07, 6.45) is 3.73. The lowest BCUT2D eigenvalue weighted by Crippen LogP contribution is -2.51. The molecule has 2 aliphatic rings. The third kappa shape index (κ3) is 5.21. The van der Waals surface area contributed by atoms with Crippen LogP contribution in [0.25, 0.3) is 0 Å². The number of hydrogen-bond acceptors (Lipinski definition) is 3. The zero-order chi connectivity index (χ0) is 17.8. The molecule has 0 radical (unpaired) electrons. The van der Waals surface area contributed by atoms with Crippen molar-refractivity contribution in [3.05, 3.63) is 29.8 Å². The van der Waals surface area contributed by atoms with Crippen LogP contribution >= 0.6 is 0 Å². The van der Waals surface area contributed by atoms with Crippen LogP contribution in [-0.2, 0) is 4.79 Å². The van der Waals surface area contributed by atoms with Gasteiger partial charge in [-0.3, -0.25) is 9.69 Å². The Bertz CT molecular complexity index is 574. The number of rotatable bonds is 7. The van der Waals surface area contributed by atoms with Crippen LogP contribution in [0.4, 0.5) is 5.69 Å². The molecule has 0 atom stereocenters. The molecule has 0 unspecified atom stereocenters. The summed E-state index contributed by atoms with van der Waals surface area (Å²) >= 11 is 0. The largest absolute Gasteiger partial charge is 0.368 e. The quantitative estimate of drug-likeness (QED) is 0.761. The van der Waals surface area contributed by atoms with Crippen molar-refractivity contribution in [2.45, 2.75) is 46.1 Å². The smallest absolute Gasteiger partial charge is 0.236 e. The minimum Gasteiger partial charge on any atom is -0.368 e. The number of aryl methyl sites for hydroxylation is 1. The van der Waals surface area contributed by atoms with E-state index < -0.39 is 0 Å². The summed E-state index contributed by atoms with van der Waals surface area (Å²) in [6, 6.07) is 9.32. The van der Waals surface area contributed by atoms with Gasteiger partial charge in [-0.15, -0.1) is 0 Å². The lowest BCUT2D eigenvalue weighted by molar-refractivity contribution is -0.132. The number of piperazine rings is 1. The maximum absolute atomic E-state index is 12.7. The molecule has 0 aromatic heterocycles. The summed E-state index contributed by atoms with van der Waals surface area (Å²) in [7, 11) is 0. The summed E-state index contributed by atoms with van der Waals surface area (Å²) < 4.78 is 0. The fraction of sp³-hybridized carbons (Fsp3) is 0.667. The molecular weight excluding hydrogens is 310 g/mol. The molecule has 1 amide bonds. The van der Waals surface area contributed by atoms with Gasteiger partial charge in [0.2, 0.25) is 5.91 Å². The fourth-order valence-electron chi connectivity index (χ4n) is 3.57. The van der Waals surface area contributed by atoms with Gasteiger partial charge in [-0.2, -0.15) is 0 Å².